The summed E-state index contributed by atoms with van der Waals surface area (Å²) in [6.07, 6.45) is 3.81. The zero-order valence-electron chi connectivity index (χ0n) is 24.9. The summed E-state index contributed by atoms with van der Waals surface area (Å²) in [7, 11) is 3.24. The third-order valence-electron chi connectivity index (χ3n) is 6.87. The van der Waals surface area contributed by atoms with E-state index in [4.69, 9.17) is 9.47 Å². The fourth-order valence-corrected chi connectivity index (χ4v) is 4.69. The molecular formula is C33H46BrIN2O6. The van der Waals surface area contributed by atoms with E-state index in [2.05, 4.69) is 52.4 Å². The van der Waals surface area contributed by atoms with Crippen molar-refractivity contribution in [3.05, 3.63) is 59.7 Å². The van der Waals surface area contributed by atoms with Crippen LogP contribution in [-0.2, 0) is 32.3 Å². The van der Waals surface area contributed by atoms with E-state index in [1.54, 1.807) is 24.0 Å². The highest BCUT2D eigenvalue weighted by molar-refractivity contribution is 14.1. The number of likely N-dealkylation sites (tertiary alicyclic amines) is 2. The van der Waals surface area contributed by atoms with Crippen LogP contribution in [-0.4, -0.2) is 69.2 Å². The SMILES string of the molecule is C.CCC(C)I.COc1ccc(CN2CCCC(=O)C(Br)C2=O)cc1.COc1ccc(CN2CCCC(=O)CC2=O)cc1. The summed E-state index contributed by atoms with van der Waals surface area (Å²) in [5.74, 6) is 1.42. The smallest absolute Gasteiger partial charge is 0.244 e. The lowest BCUT2D eigenvalue weighted by molar-refractivity contribution is -0.135. The average molecular weight is 774 g/mol. The van der Waals surface area contributed by atoms with E-state index < -0.39 is 4.83 Å². The molecule has 2 aromatic carbocycles. The summed E-state index contributed by atoms with van der Waals surface area (Å²) in [5, 5.41) is 0. The minimum atomic E-state index is -0.687. The van der Waals surface area contributed by atoms with E-state index in [1.807, 2.05) is 48.5 Å². The molecule has 2 saturated heterocycles. The molecule has 10 heteroatoms. The van der Waals surface area contributed by atoms with Crippen molar-refractivity contribution in [1.82, 2.24) is 9.80 Å². The van der Waals surface area contributed by atoms with Gasteiger partial charge in [-0.15, -0.1) is 0 Å². The first-order chi connectivity index (χ1) is 20.1. The Labute approximate surface area is 279 Å². The molecule has 0 saturated carbocycles. The number of benzene rings is 2. The molecular weight excluding hydrogens is 727 g/mol. The van der Waals surface area contributed by atoms with Crippen LogP contribution >= 0.6 is 38.5 Å². The molecule has 2 heterocycles. The largest absolute Gasteiger partial charge is 0.497 e. The number of nitrogens with zero attached hydrogens (tertiary/aromatic N) is 2. The number of carbonyl (C=O) groups excluding carboxylic acids is 4. The Morgan fingerprint density at radius 1 is 0.837 bits per heavy atom. The van der Waals surface area contributed by atoms with Gasteiger partial charge in [0, 0.05) is 42.9 Å². The number of methoxy groups -OCH3 is 2. The van der Waals surface area contributed by atoms with Gasteiger partial charge in [0.25, 0.3) is 0 Å². The molecule has 2 amide bonds. The summed E-state index contributed by atoms with van der Waals surface area (Å²) >= 11 is 5.59. The van der Waals surface area contributed by atoms with Crippen LogP contribution in [0.5, 0.6) is 11.5 Å². The van der Waals surface area contributed by atoms with Gasteiger partial charge in [-0.3, -0.25) is 19.2 Å². The van der Waals surface area contributed by atoms with Crippen molar-refractivity contribution in [1.29, 1.82) is 0 Å². The number of rotatable bonds is 7. The number of Topliss-reactive ketones (excluding diaryl/α,β-unsaturated/α-hetero) is 2. The highest BCUT2D eigenvalue weighted by atomic mass is 127. The van der Waals surface area contributed by atoms with Crippen molar-refractivity contribution < 1.29 is 28.7 Å². The van der Waals surface area contributed by atoms with Crippen LogP contribution in [0.4, 0.5) is 0 Å². The molecule has 8 nitrogen and oxygen atoms in total. The summed E-state index contributed by atoms with van der Waals surface area (Å²) in [6.45, 7) is 6.78. The van der Waals surface area contributed by atoms with Crippen molar-refractivity contribution in [2.24, 2.45) is 0 Å². The number of alkyl halides is 2. The van der Waals surface area contributed by atoms with Gasteiger partial charge in [0.15, 0.2) is 10.6 Å². The predicted molar refractivity (Wildman–Crippen MR) is 183 cm³/mol. The number of ketones is 2. The molecule has 2 fully saturated rings. The number of hydrogen-bond donors (Lipinski definition) is 0. The van der Waals surface area contributed by atoms with E-state index in [0.717, 1.165) is 39.4 Å². The standard InChI is InChI=1S/C14H16BrNO3.C14H17NO3.C4H9I.CH4/c1-19-11-6-4-10(5-7-11)9-16-8-2-3-12(17)13(15)14(16)18;1-18-13-6-4-11(5-7-13)10-15-8-2-3-12(16)9-14(15)17;1-3-4(2)5;/h4-7,13H,2-3,8-9H2,1H3;4-7H,2-3,8-10H2,1H3;4H,3H2,1-2H3;1H4. The maximum atomic E-state index is 12.1. The molecule has 238 valence electrons. The number of hydrogen-bond acceptors (Lipinski definition) is 6. The molecule has 2 unspecified atom stereocenters. The number of carbonyl (C=O) groups is 4. The van der Waals surface area contributed by atoms with Crippen LogP contribution in [0.3, 0.4) is 0 Å². The lowest BCUT2D eigenvalue weighted by Crippen LogP contribution is -2.37. The zero-order valence-corrected chi connectivity index (χ0v) is 28.7. The molecule has 43 heavy (non-hydrogen) atoms. The Balaban J connectivity index is 0.000000365. The number of amides is 2. The van der Waals surface area contributed by atoms with Crippen LogP contribution < -0.4 is 9.47 Å². The highest BCUT2D eigenvalue weighted by Crippen LogP contribution is 2.19. The fourth-order valence-electron chi connectivity index (χ4n) is 4.17. The Kier molecular flexibility index (Phi) is 18.4. The normalized spacial score (nSPS) is 17.7. The van der Waals surface area contributed by atoms with Crippen LogP contribution in [0.15, 0.2) is 48.5 Å². The second kappa shape index (κ2) is 20.5. The van der Waals surface area contributed by atoms with E-state index in [0.29, 0.717) is 39.0 Å². The van der Waals surface area contributed by atoms with Crippen molar-refractivity contribution in [3.8, 4) is 11.5 Å². The molecule has 0 bridgehead atoms. The van der Waals surface area contributed by atoms with Crippen LogP contribution in [0.2, 0.25) is 0 Å². The zero-order chi connectivity index (χ0) is 31.1. The second-order valence-electron chi connectivity index (χ2n) is 10.2. The average Bonchev–Trinajstić information content (AvgIpc) is 3.22. The molecule has 2 atom stereocenters. The maximum absolute atomic E-state index is 12.1. The first-order valence-electron chi connectivity index (χ1n) is 14.2. The van der Waals surface area contributed by atoms with E-state index in [1.165, 1.54) is 6.42 Å². The summed E-state index contributed by atoms with van der Waals surface area (Å²) in [4.78, 5) is 49.7. The van der Waals surface area contributed by atoms with E-state index in [9.17, 15) is 19.2 Å². The second-order valence-corrected chi connectivity index (χ2v) is 13.3. The monoisotopic (exact) mass is 772 g/mol. The van der Waals surface area contributed by atoms with E-state index >= 15 is 0 Å². The summed E-state index contributed by atoms with van der Waals surface area (Å²) in [5.41, 5.74) is 2.08. The van der Waals surface area contributed by atoms with E-state index in [-0.39, 0.29) is 37.2 Å². The highest BCUT2D eigenvalue weighted by Gasteiger charge is 2.30. The van der Waals surface area contributed by atoms with Gasteiger partial charge in [0.1, 0.15) is 17.3 Å². The molecule has 0 aromatic heterocycles. The molecule has 2 aliphatic heterocycles. The Morgan fingerprint density at radius 3 is 1.74 bits per heavy atom. The van der Waals surface area contributed by atoms with Crippen molar-refractivity contribution >= 4 is 61.9 Å². The number of ether oxygens (including phenoxy) is 2. The lowest BCUT2D eigenvalue weighted by atomic mass is 10.2. The molecule has 4 rings (SSSR count). The van der Waals surface area contributed by atoms with Gasteiger partial charge >= 0.3 is 0 Å². The molecule has 0 aliphatic carbocycles. The molecule has 2 aromatic rings. The Hall–Kier alpha value is -2.47. The molecule has 0 N–H and O–H groups in total. The number of halogens is 2. The minimum absolute atomic E-state index is 0. The minimum Gasteiger partial charge on any atom is -0.497 e. The molecule has 0 radical (unpaired) electrons. The lowest BCUT2D eigenvalue weighted by Gasteiger charge is -2.21. The van der Waals surface area contributed by atoms with Gasteiger partial charge in [0.2, 0.25) is 11.8 Å². The maximum Gasteiger partial charge on any atom is 0.244 e. The first kappa shape index (κ1) is 38.6. The van der Waals surface area contributed by atoms with Crippen LogP contribution in [0.25, 0.3) is 0 Å². The molecule has 0 spiro atoms. The molecule has 2 aliphatic rings. The Bertz CT molecular complexity index is 1160. The Morgan fingerprint density at radius 2 is 1.28 bits per heavy atom. The third-order valence-corrected chi connectivity index (χ3v) is 8.66. The van der Waals surface area contributed by atoms with Gasteiger partial charge in [-0.2, -0.15) is 0 Å². The van der Waals surface area contributed by atoms with Crippen molar-refractivity contribution in [3.63, 3.8) is 0 Å². The van der Waals surface area contributed by atoms with Gasteiger partial charge in [-0.05, 0) is 54.7 Å². The third kappa shape index (κ3) is 13.8. The van der Waals surface area contributed by atoms with Crippen molar-refractivity contribution in [2.45, 2.75) is 81.6 Å². The van der Waals surface area contributed by atoms with Crippen LogP contribution in [0, 0.1) is 0 Å². The first-order valence-corrected chi connectivity index (χ1v) is 16.4. The summed E-state index contributed by atoms with van der Waals surface area (Å²) < 4.78 is 11.0. The van der Waals surface area contributed by atoms with Crippen LogP contribution in [0.1, 0.15) is 70.9 Å². The summed E-state index contributed by atoms with van der Waals surface area (Å²) in [6, 6.07) is 15.2. The van der Waals surface area contributed by atoms with Gasteiger partial charge in [0.05, 0.1) is 20.6 Å². The van der Waals surface area contributed by atoms with Crippen molar-refractivity contribution in [2.75, 3.05) is 27.3 Å². The quantitative estimate of drug-likeness (QED) is 0.175. The van der Waals surface area contributed by atoms with Gasteiger partial charge in [-0.25, -0.2) is 0 Å². The van der Waals surface area contributed by atoms with Gasteiger partial charge in [-0.1, -0.05) is 84.1 Å². The fraction of sp³-hybridized carbons (Fsp3) is 0.515. The topological polar surface area (TPSA) is 93.2 Å². The predicted octanol–water partition coefficient (Wildman–Crippen LogP) is 6.78. The van der Waals surface area contributed by atoms with Gasteiger partial charge < -0.3 is 19.3 Å².